The Hall–Kier alpha value is -1.85. The number of nitrogens with zero attached hydrogens (tertiary/aromatic N) is 1. The SMILES string of the molecule is O=C(NCCO)C1CCCN(Cc2c[nH]c3ccccc23)C1. The zero-order valence-corrected chi connectivity index (χ0v) is 12.7. The van der Waals surface area contributed by atoms with Gasteiger partial charge in [0.05, 0.1) is 12.5 Å². The number of aliphatic hydroxyl groups is 1. The molecule has 0 aliphatic carbocycles. The summed E-state index contributed by atoms with van der Waals surface area (Å²) in [6.07, 6.45) is 4.04. The van der Waals surface area contributed by atoms with Crippen molar-refractivity contribution < 1.29 is 9.90 Å². The number of amides is 1. The molecular formula is C17H23N3O2. The average molecular weight is 301 g/mol. The third-order valence-electron chi connectivity index (χ3n) is 4.36. The maximum atomic E-state index is 12.1. The monoisotopic (exact) mass is 301 g/mol. The highest BCUT2D eigenvalue weighted by Gasteiger charge is 2.25. The Morgan fingerprint density at radius 1 is 1.41 bits per heavy atom. The summed E-state index contributed by atoms with van der Waals surface area (Å²) in [5, 5.41) is 12.9. The Morgan fingerprint density at radius 2 is 2.27 bits per heavy atom. The fourth-order valence-electron chi connectivity index (χ4n) is 3.24. The largest absolute Gasteiger partial charge is 0.395 e. The summed E-state index contributed by atoms with van der Waals surface area (Å²) in [6.45, 7) is 3.03. The van der Waals surface area contributed by atoms with E-state index in [0.717, 1.165) is 38.0 Å². The summed E-state index contributed by atoms with van der Waals surface area (Å²) in [4.78, 5) is 17.7. The van der Waals surface area contributed by atoms with E-state index < -0.39 is 0 Å². The summed E-state index contributed by atoms with van der Waals surface area (Å²) >= 11 is 0. The lowest BCUT2D eigenvalue weighted by molar-refractivity contribution is -0.126. The summed E-state index contributed by atoms with van der Waals surface area (Å²) in [7, 11) is 0. The minimum Gasteiger partial charge on any atom is -0.395 e. The number of benzene rings is 1. The van der Waals surface area contributed by atoms with Crippen LogP contribution in [-0.2, 0) is 11.3 Å². The molecule has 5 nitrogen and oxygen atoms in total. The van der Waals surface area contributed by atoms with Gasteiger partial charge in [-0.3, -0.25) is 9.69 Å². The van der Waals surface area contributed by atoms with Crippen molar-refractivity contribution in [2.24, 2.45) is 5.92 Å². The number of rotatable bonds is 5. The molecule has 2 aromatic rings. The number of hydrogen-bond donors (Lipinski definition) is 3. The molecule has 1 aliphatic heterocycles. The molecule has 0 saturated carbocycles. The van der Waals surface area contributed by atoms with Gasteiger partial charge < -0.3 is 15.4 Å². The molecule has 1 fully saturated rings. The highest BCUT2D eigenvalue weighted by molar-refractivity contribution is 5.83. The third-order valence-corrected chi connectivity index (χ3v) is 4.36. The van der Waals surface area contributed by atoms with E-state index in [1.807, 2.05) is 6.07 Å². The van der Waals surface area contributed by atoms with Crippen molar-refractivity contribution in [3.63, 3.8) is 0 Å². The van der Waals surface area contributed by atoms with Crippen molar-refractivity contribution in [1.29, 1.82) is 0 Å². The fraction of sp³-hybridized carbons (Fsp3) is 0.471. The zero-order chi connectivity index (χ0) is 15.4. The molecule has 3 N–H and O–H groups in total. The van der Waals surface area contributed by atoms with E-state index in [0.29, 0.717) is 6.54 Å². The van der Waals surface area contributed by atoms with Crippen LogP contribution in [0.15, 0.2) is 30.5 Å². The molecule has 1 amide bonds. The van der Waals surface area contributed by atoms with E-state index in [9.17, 15) is 4.79 Å². The number of H-pyrrole nitrogens is 1. The molecule has 22 heavy (non-hydrogen) atoms. The molecule has 1 aromatic carbocycles. The fourth-order valence-corrected chi connectivity index (χ4v) is 3.24. The van der Waals surface area contributed by atoms with Crippen molar-refractivity contribution in [2.75, 3.05) is 26.2 Å². The molecule has 0 spiro atoms. The number of fused-ring (bicyclic) bond motifs is 1. The Kier molecular flexibility index (Phi) is 4.75. The Morgan fingerprint density at radius 3 is 3.14 bits per heavy atom. The van der Waals surface area contributed by atoms with E-state index in [4.69, 9.17) is 5.11 Å². The number of carbonyl (C=O) groups excluding carboxylic acids is 1. The highest BCUT2D eigenvalue weighted by Crippen LogP contribution is 2.23. The Labute approximate surface area is 130 Å². The van der Waals surface area contributed by atoms with Gasteiger partial charge in [0.1, 0.15) is 0 Å². The topological polar surface area (TPSA) is 68.4 Å². The van der Waals surface area contributed by atoms with Crippen LogP contribution in [0.2, 0.25) is 0 Å². The smallest absolute Gasteiger partial charge is 0.224 e. The van der Waals surface area contributed by atoms with Crippen LogP contribution >= 0.6 is 0 Å². The molecule has 2 heterocycles. The number of nitrogens with one attached hydrogen (secondary N) is 2. The van der Waals surface area contributed by atoms with Crippen LogP contribution in [-0.4, -0.2) is 47.1 Å². The van der Waals surface area contributed by atoms with Crippen molar-refractivity contribution in [1.82, 2.24) is 15.2 Å². The second-order valence-corrected chi connectivity index (χ2v) is 5.95. The Balaban J connectivity index is 1.64. The molecular weight excluding hydrogens is 278 g/mol. The van der Waals surface area contributed by atoms with Crippen LogP contribution in [0.4, 0.5) is 0 Å². The minimum absolute atomic E-state index is 0.00247. The number of para-hydroxylation sites is 1. The van der Waals surface area contributed by atoms with Gasteiger partial charge >= 0.3 is 0 Å². The lowest BCUT2D eigenvalue weighted by atomic mass is 9.96. The lowest BCUT2D eigenvalue weighted by Gasteiger charge is -2.31. The van der Waals surface area contributed by atoms with E-state index in [1.54, 1.807) is 0 Å². The number of aromatic nitrogens is 1. The number of aliphatic hydroxyl groups excluding tert-OH is 1. The van der Waals surface area contributed by atoms with Gasteiger partial charge in [-0.25, -0.2) is 0 Å². The molecule has 1 unspecified atom stereocenters. The summed E-state index contributed by atoms with van der Waals surface area (Å²) in [6, 6.07) is 8.31. The predicted octanol–water partition coefficient (Wildman–Crippen LogP) is 1.49. The van der Waals surface area contributed by atoms with Gasteiger partial charge in [-0.2, -0.15) is 0 Å². The first-order valence-corrected chi connectivity index (χ1v) is 7.94. The van der Waals surface area contributed by atoms with Crippen molar-refractivity contribution in [2.45, 2.75) is 19.4 Å². The third kappa shape index (κ3) is 3.31. The molecule has 1 atom stereocenters. The second-order valence-electron chi connectivity index (χ2n) is 5.95. The van der Waals surface area contributed by atoms with Crippen LogP contribution < -0.4 is 5.32 Å². The van der Waals surface area contributed by atoms with Gasteiger partial charge in [0.2, 0.25) is 5.91 Å². The average Bonchev–Trinajstić information content (AvgIpc) is 2.96. The molecule has 3 rings (SSSR count). The van der Waals surface area contributed by atoms with Gasteiger partial charge in [0.25, 0.3) is 0 Å². The molecule has 1 aromatic heterocycles. The summed E-state index contributed by atoms with van der Waals surface area (Å²) in [5.74, 6) is 0.100. The molecule has 5 heteroatoms. The molecule has 0 radical (unpaired) electrons. The van der Waals surface area contributed by atoms with Crippen LogP contribution in [0.3, 0.4) is 0 Å². The second kappa shape index (κ2) is 6.94. The van der Waals surface area contributed by atoms with Crippen LogP contribution in [0, 0.1) is 5.92 Å². The molecule has 0 bridgehead atoms. The zero-order valence-electron chi connectivity index (χ0n) is 12.7. The minimum atomic E-state index is -0.00247. The normalized spacial score (nSPS) is 19.4. The van der Waals surface area contributed by atoms with Gasteiger partial charge in [0, 0.05) is 36.7 Å². The number of hydrogen-bond acceptors (Lipinski definition) is 3. The number of aromatic amines is 1. The predicted molar refractivity (Wildman–Crippen MR) is 86.4 cm³/mol. The standard InChI is InChI=1S/C17H23N3O2/c21-9-7-18-17(22)13-4-3-8-20(11-13)12-14-10-19-16-6-2-1-5-15(14)16/h1-2,5-6,10,13,19,21H,3-4,7-9,11-12H2,(H,18,22). The van der Waals surface area contributed by atoms with E-state index in [-0.39, 0.29) is 18.4 Å². The van der Waals surface area contributed by atoms with E-state index in [2.05, 4.69) is 39.6 Å². The highest BCUT2D eigenvalue weighted by atomic mass is 16.3. The van der Waals surface area contributed by atoms with Crippen molar-refractivity contribution in [3.05, 3.63) is 36.0 Å². The van der Waals surface area contributed by atoms with E-state index >= 15 is 0 Å². The van der Waals surface area contributed by atoms with Crippen molar-refractivity contribution >= 4 is 16.8 Å². The summed E-state index contributed by atoms with van der Waals surface area (Å²) in [5.41, 5.74) is 2.44. The Bertz CT molecular complexity index is 638. The van der Waals surface area contributed by atoms with Crippen molar-refractivity contribution in [3.8, 4) is 0 Å². The molecule has 1 saturated heterocycles. The first-order valence-electron chi connectivity index (χ1n) is 7.94. The van der Waals surface area contributed by atoms with Gasteiger partial charge in [0.15, 0.2) is 0 Å². The molecule has 118 valence electrons. The summed E-state index contributed by atoms with van der Waals surface area (Å²) < 4.78 is 0. The van der Waals surface area contributed by atoms with Crippen LogP contribution in [0.25, 0.3) is 10.9 Å². The maximum absolute atomic E-state index is 12.1. The van der Waals surface area contributed by atoms with Crippen LogP contribution in [0.1, 0.15) is 18.4 Å². The first kappa shape index (κ1) is 15.1. The molecule has 1 aliphatic rings. The van der Waals surface area contributed by atoms with E-state index in [1.165, 1.54) is 10.9 Å². The van der Waals surface area contributed by atoms with Crippen LogP contribution in [0.5, 0.6) is 0 Å². The van der Waals surface area contributed by atoms with Gasteiger partial charge in [-0.15, -0.1) is 0 Å². The lowest BCUT2D eigenvalue weighted by Crippen LogP contribution is -2.43. The maximum Gasteiger partial charge on any atom is 0.224 e. The number of likely N-dealkylation sites (tertiary alicyclic amines) is 1. The number of piperidine rings is 1. The number of carbonyl (C=O) groups is 1. The van der Waals surface area contributed by atoms with Gasteiger partial charge in [-0.1, -0.05) is 18.2 Å². The first-order chi connectivity index (χ1) is 10.8. The van der Waals surface area contributed by atoms with Gasteiger partial charge in [-0.05, 0) is 31.0 Å². The quantitative estimate of drug-likeness (QED) is 0.784.